The Kier molecular flexibility index (Phi) is 6.99. The summed E-state index contributed by atoms with van der Waals surface area (Å²) in [7, 11) is -3.45. The van der Waals surface area contributed by atoms with Crippen LogP contribution in [0.5, 0.6) is 0 Å². The fourth-order valence-corrected chi connectivity index (χ4v) is 6.99. The second-order valence-electron chi connectivity index (χ2n) is 9.16. The Morgan fingerprint density at radius 2 is 1.79 bits per heavy atom. The average molecular weight is 481 g/mol. The van der Waals surface area contributed by atoms with Crippen molar-refractivity contribution in [3.05, 3.63) is 83.9 Å². The number of aromatic nitrogens is 2. The first kappa shape index (κ1) is 23.1. The highest BCUT2D eigenvalue weighted by atomic mass is 32.2. The number of fused-ring (bicyclic) bond motifs is 1. The molecule has 1 atom stereocenters. The number of anilines is 1. The molecule has 0 bridgehead atoms. The van der Waals surface area contributed by atoms with Crippen molar-refractivity contribution in [2.75, 3.05) is 24.7 Å². The molecule has 2 aliphatic rings. The van der Waals surface area contributed by atoms with Crippen molar-refractivity contribution in [1.29, 1.82) is 0 Å². The van der Waals surface area contributed by atoms with Gasteiger partial charge in [0.1, 0.15) is 0 Å². The quantitative estimate of drug-likeness (QED) is 0.557. The van der Waals surface area contributed by atoms with Gasteiger partial charge in [0.25, 0.3) is 0 Å². The first-order valence-corrected chi connectivity index (χ1v) is 13.5. The number of aryl methyl sites for hydroxylation is 1. The number of rotatable bonds is 7. The number of sulfonamides is 1. The van der Waals surface area contributed by atoms with Crippen LogP contribution >= 0.6 is 0 Å². The number of benzene rings is 2. The number of imidazole rings is 1. The van der Waals surface area contributed by atoms with Gasteiger partial charge < -0.3 is 14.6 Å². The Morgan fingerprint density at radius 3 is 2.56 bits per heavy atom. The zero-order chi connectivity index (χ0) is 23.4. The van der Waals surface area contributed by atoms with Crippen LogP contribution in [0.3, 0.4) is 0 Å². The number of H-pyrrole nitrogens is 1. The fourth-order valence-electron chi connectivity index (χ4n) is 5.08. The van der Waals surface area contributed by atoms with Gasteiger partial charge in [-0.1, -0.05) is 48.5 Å². The standard InChI is InChI=1S/C26H32N4O3S/c31-34(32,25-12-14-33-15-13-25)29-17-22-8-4-5-9-26(22)30(18-23-16-27-20-28-23)24(19-29)11-10-21-6-2-1-3-7-21/h1-9,16,20,24-25H,10-15,17-19H2,(H,27,28)/t24-/m1/s1. The van der Waals surface area contributed by atoms with E-state index in [0.29, 0.717) is 45.7 Å². The van der Waals surface area contributed by atoms with Crippen LogP contribution in [0.25, 0.3) is 0 Å². The molecule has 0 aliphatic carbocycles. The average Bonchev–Trinajstić information content (AvgIpc) is 3.33. The molecule has 1 fully saturated rings. The normalized spacial score (nSPS) is 20.1. The number of hydrogen-bond donors (Lipinski definition) is 1. The summed E-state index contributed by atoms with van der Waals surface area (Å²) in [6.07, 6.45) is 6.41. The second-order valence-corrected chi connectivity index (χ2v) is 11.4. The third kappa shape index (κ3) is 5.04. The van der Waals surface area contributed by atoms with Crippen molar-refractivity contribution in [3.8, 4) is 0 Å². The molecule has 1 saturated heterocycles. The first-order valence-electron chi connectivity index (χ1n) is 12.0. The van der Waals surface area contributed by atoms with Gasteiger partial charge in [0, 0.05) is 44.2 Å². The van der Waals surface area contributed by atoms with Gasteiger partial charge in [-0.25, -0.2) is 13.4 Å². The molecule has 0 radical (unpaired) electrons. The Bertz CT molecular complexity index is 1160. The highest BCUT2D eigenvalue weighted by molar-refractivity contribution is 7.89. The van der Waals surface area contributed by atoms with Crippen LogP contribution in [0.15, 0.2) is 67.1 Å². The van der Waals surface area contributed by atoms with Gasteiger partial charge in [-0.05, 0) is 42.9 Å². The van der Waals surface area contributed by atoms with Gasteiger partial charge in [0.15, 0.2) is 0 Å². The molecule has 0 amide bonds. The number of para-hydroxylation sites is 1. The van der Waals surface area contributed by atoms with Crippen LogP contribution in [0.1, 0.15) is 36.1 Å². The lowest BCUT2D eigenvalue weighted by Gasteiger charge is -2.35. The Balaban J connectivity index is 1.49. The second kappa shape index (κ2) is 10.3. The molecule has 180 valence electrons. The summed E-state index contributed by atoms with van der Waals surface area (Å²) in [6, 6.07) is 18.7. The number of nitrogens with one attached hydrogen (secondary N) is 1. The van der Waals surface area contributed by atoms with E-state index in [1.54, 1.807) is 10.6 Å². The molecule has 2 aliphatic heterocycles. The monoisotopic (exact) mass is 480 g/mol. The van der Waals surface area contributed by atoms with E-state index in [-0.39, 0.29) is 11.3 Å². The zero-order valence-corrected chi connectivity index (χ0v) is 20.2. The van der Waals surface area contributed by atoms with E-state index >= 15 is 0 Å². The van der Waals surface area contributed by atoms with Crippen molar-refractivity contribution in [2.24, 2.45) is 0 Å². The maximum Gasteiger partial charge on any atom is 0.217 e. The summed E-state index contributed by atoms with van der Waals surface area (Å²) < 4.78 is 34.8. The van der Waals surface area contributed by atoms with Crippen LogP contribution in [-0.4, -0.2) is 53.7 Å². The van der Waals surface area contributed by atoms with Crippen molar-refractivity contribution in [1.82, 2.24) is 14.3 Å². The van der Waals surface area contributed by atoms with Crippen molar-refractivity contribution < 1.29 is 13.2 Å². The molecule has 3 aromatic rings. The highest BCUT2D eigenvalue weighted by Crippen LogP contribution is 2.33. The smallest absolute Gasteiger partial charge is 0.217 e. The van der Waals surface area contributed by atoms with Gasteiger partial charge in [-0.3, -0.25) is 0 Å². The molecule has 3 heterocycles. The van der Waals surface area contributed by atoms with E-state index < -0.39 is 10.0 Å². The zero-order valence-electron chi connectivity index (χ0n) is 19.3. The van der Waals surface area contributed by atoms with Crippen molar-refractivity contribution in [2.45, 2.75) is 50.1 Å². The predicted molar refractivity (Wildman–Crippen MR) is 133 cm³/mol. The number of aromatic amines is 1. The third-order valence-corrected chi connectivity index (χ3v) is 9.27. The fraction of sp³-hybridized carbons (Fsp3) is 0.423. The largest absolute Gasteiger partial charge is 0.381 e. The Labute approximate surface area is 201 Å². The molecule has 8 heteroatoms. The lowest BCUT2D eigenvalue weighted by Crippen LogP contribution is -2.47. The summed E-state index contributed by atoms with van der Waals surface area (Å²) in [6.45, 7) is 2.55. The Hall–Kier alpha value is -2.68. The van der Waals surface area contributed by atoms with Gasteiger partial charge in [-0.15, -0.1) is 0 Å². The maximum absolute atomic E-state index is 13.8. The van der Waals surface area contributed by atoms with Crippen molar-refractivity contribution >= 4 is 15.7 Å². The first-order chi connectivity index (χ1) is 16.6. The van der Waals surface area contributed by atoms with Crippen LogP contribution in [0, 0.1) is 0 Å². The molecular weight excluding hydrogens is 448 g/mol. The van der Waals surface area contributed by atoms with Gasteiger partial charge in [0.2, 0.25) is 10.0 Å². The van der Waals surface area contributed by atoms with Crippen LogP contribution in [0.2, 0.25) is 0 Å². The highest BCUT2D eigenvalue weighted by Gasteiger charge is 2.38. The van der Waals surface area contributed by atoms with Crippen LogP contribution in [-0.2, 0) is 34.3 Å². The Morgan fingerprint density at radius 1 is 1.03 bits per heavy atom. The molecule has 0 unspecified atom stereocenters. The van der Waals surface area contributed by atoms with E-state index in [1.807, 2.05) is 24.4 Å². The summed E-state index contributed by atoms with van der Waals surface area (Å²) >= 11 is 0. The molecule has 0 saturated carbocycles. The molecule has 1 aromatic heterocycles. The molecule has 1 N–H and O–H groups in total. The number of hydrogen-bond acceptors (Lipinski definition) is 5. The summed E-state index contributed by atoms with van der Waals surface area (Å²) in [5.74, 6) is 0. The van der Waals surface area contributed by atoms with Crippen LogP contribution in [0.4, 0.5) is 5.69 Å². The minimum Gasteiger partial charge on any atom is -0.381 e. The van der Waals surface area contributed by atoms with Crippen molar-refractivity contribution in [3.63, 3.8) is 0 Å². The minimum absolute atomic E-state index is 0.0294. The van der Waals surface area contributed by atoms with E-state index in [1.165, 1.54) is 5.56 Å². The van der Waals surface area contributed by atoms with E-state index in [9.17, 15) is 8.42 Å². The molecule has 5 rings (SSSR count). The summed E-state index contributed by atoms with van der Waals surface area (Å²) in [4.78, 5) is 9.79. The van der Waals surface area contributed by atoms with E-state index in [2.05, 4.69) is 51.3 Å². The van der Waals surface area contributed by atoms with Gasteiger partial charge in [-0.2, -0.15) is 4.31 Å². The molecule has 0 spiro atoms. The van der Waals surface area contributed by atoms with Gasteiger partial charge in [0.05, 0.1) is 23.8 Å². The van der Waals surface area contributed by atoms with Crippen LogP contribution < -0.4 is 4.90 Å². The lowest BCUT2D eigenvalue weighted by atomic mass is 10.0. The maximum atomic E-state index is 13.8. The minimum atomic E-state index is -3.45. The molecule has 2 aromatic carbocycles. The summed E-state index contributed by atoms with van der Waals surface area (Å²) in [5, 5.41) is -0.373. The predicted octanol–water partition coefficient (Wildman–Crippen LogP) is 3.74. The topological polar surface area (TPSA) is 78.5 Å². The summed E-state index contributed by atoms with van der Waals surface area (Å²) in [5.41, 5.74) is 4.42. The molecule has 34 heavy (non-hydrogen) atoms. The third-order valence-electron chi connectivity index (χ3n) is 6.96. The number of ether oxygens (including phenoxy) is 1. The lowest BCUT2D eigenvalue weighted by molar-refractivity contribution is 0.0971. The number of nitrogens with zero attached hydrogens (tertiary/aromatic N) is 3. The van der Waals surface area contributed by atoms with E-state index in [0.717, 1.165) is 29.8 Å². The van der Waals surface area contributed by atoms with E-state index in [4.69, 9.17) is 4.74 Å². The molecule has 7 nitrogen and oxygen atoms in total. The SMILES string of the molecule is O=S(=O)(C1CCOCC1)N1Cc2ccccc2N(Cc2cnc[nH]2)[C@H](CCc2ccccc2)C1. The molecular formula is C26H32N4O3S. The van der Waals surface area contributed by atoms with Gasteiger partial charge >= 0.3 is 0 Å².